The highest BCUT2D eigenvalue weighted by Gasteiger charge is 2.26. The SMILES string of the molecule is CC(C)(C)OC(=O)NC(Cc1nc(C(C)(C)C)cs1)C(=O)O. The van der Waals surface area contributed by atoms with Crippen LogP contribution in [0.5, 0.6) is 0 Å². The average Bonchev–Trinajstić information content (AvgIpc) is 2.73. The van der Waals surface area contributed by atoms with E-state index in [0.717, 1.165) is 5.69 Å². The molecule has 0 aliphatic heterocycles. The van der Waals surface area contributed by atoms with Crippen molar-refractivity contribution in [3.05, 3.63) is 16.1 Å². The first kappa shape index (κ1) is 18.4. The van der Waals surface area contributed by atoms with Gasteiger partial charge in [-0.05, 0) is 20.8 Å². The first-order valence-electron chi connectivity index (χ1n) is 7.05. The Hall–Kier alpha value is -1.63. The van der Waals surface area contributed by atoms with Gasteiger partial charge in [0, 0.05) is 17.2 Å². The third kappa shape index (κ3) is 6.01. The van der Waals surface area contributed by atoms with E-state index in [0.29, 0.717) is 5.01 Å². The summed E-state index contributed by atoms with van der Waals surface area (Å²) in [6, 6.07) is -1.06. The molecule has 1 amide bonds. The van der Waals surface area contributed by atoms with Gasteiger partial charge in [-0.2, -0.15) is 0 Å². The van der Waals surface area contributed by atoms with E-state index < -0.39 is 23.7 Å². The molecule has 0 aromatic carbocycles. The normalized spacial score (nSPS) is 13.5. The second-order valence-electron chi connectivity index (χ2n) is 7.12. The molecule has 0 radical (unpaired) electrons. The van der Waals surface area contributed by atoms with E-state index in [1.54, 1.807) is 20.8 Å². The largest absolute Gasteiger partial charge is 0.480 e. The number of carboxylic acids is 1. The Labute approximate surface area is 134 Å². The molecule has 1 heterocycles. The van der Waals surface area contributed by atoms with Crippen LogP contribution in [0, 0.1) is 0 Å². The molecule has 1 unspecified atom stereocenters. The molecule has 124 valence electrons. The van der Waals surface area contributed by atoms with Crippen molar-refractivity contribution in [2.75, 3.05) is 0 Å². The smallest absolute Gasteiger partial charge is 0.408 e. The fraction of sp³-hybridized carbons (Fsp3) is 0.667. The molecular formula is C15H24N2O4S. The van der Waals surface area contributed by atoms with E-state index in [4.69, 9.17) is 4.74 Å². The number of aliphatic carboxylic acids is 1. The summed E-state index contributed by atoms with van der Waals surface area (Å²) in [5, 5.41) is 14.2. The van der Waals surface area contributed by atoms with Crippen molar-refractivity contribution in [3.63, 3.8) is 0 Å². The van der Waals surface area contributed by atoms with Crippen molar-refractivity contribution < 1.29 is 19.4 Å². The van der Waals surface area contributed by atoms with Gasteiger partial charge in [-0.1, -0.05) is 20.8 Å². The lowest BCUT2D eigenvalue weighted by molar-refractivity contribution is -0.139. The number of nitrogens with zero attached hydrogens (tertiary/aromatic N) is 1. The molecule has 0 bridgehead atoms. The van der Waals surface area contributed by atoms with Crippen LogP contribution in [-0.2, 0) is 21.4 Å². The zero-order valence-corrected chi connectivity index (χ0v) is 14.7. The second kappa shape index (κ2) is 6.64. The molecule has 0 aliphatic carbocycles. The maximum absolute atomic E-state index is 11.7. The summed E-state index contributed by atoms with van der Waals surface area (Å²) in [6.07, 6.45) is -0.609. The highest BCUT2D eigenvalue weighted by atomic mass is 32.1. The van der Waals surface area contributed by atoms with Crippen molar-refractivity contribution in [2.24, 2.45) is 0 Å². The molecule has 0 saturated carbocycles. The minimum absolute atomic E-state index is 0.0912. The van der Waals surface area contributed by atoms with E-state index in [9.17, 15) is 14.7 Å². The predicted octanol–water partition coefficient (Wildman–Crippen LogP) is 2.96. The van der Waals surface area contributed by atoms with Crippen molar-refractivity contribution in [2.45, 2.75) is 65.0 Å². The first-order valence-corrected chi connectivity index (χ1v) is 7.93. The minimum atomic E-state index is -1.11. The molecule has 1 aromatic rings. The molecule has 0 fully saturated rings. The fourth-order valence-electron chi connectivity index (χ4n) is 1.57. The average molecular weight is 328 g/mol. The molecule has 0 saturated heterocycles. The van der Waals surface area contributed by atoms with Gasteiger partial charge in [0.25, 0.3) is 0 Å². The lowest BCUT2D eigenvalue weighted by Crippen LogP contribution is -2.44. The van der Waals surface area contributed by atoms with Gasteiger partial charge in [-0.25, -0.2) is 14.6 Å². The molecule has 6 nitrogen and oxygen atoms in total. The van der Waals surface area contributed by atoms with Crippen molar-refractivity contribution in [1.29, 1.82) is 0 Å². The van der Waals surface area contributed by atoms with Crippen LogP contribution in [0.4, 0.5) is 4.79 Å². The van der Waals surface area contributed by atoms with Gasteiger partial charge in [0.15, 0.2) is 0 Å². The number of amides is 1. The Balaban J connectivity index is 2.75. The van der Waals surface area contributed by atoms with Crippen LogP contribution < -0.4 is 5.32 Å². The summed E-state index contributed by atoms with van der Waals surface area (Å²) in [6.45, 7) is 11.3. The molecular weight excluding hydrogens is 304 g/mol. The monoisotopic (exact) mass is 328 g/mol. The Morgan fingerprint density at radius 1 is 1.32 bits per heavy atom. The number of thiazole rings is 1. The Morgan fingerprint density at radius 3 is 2.32 bits per heavy atom. The second-order valence-corrected chi connectivity index (χ2v) is 8.06. The third-order valence-electron chi connectivity index (χ3n) is 2.69. The molecule has 7 heteroatoms. The van der Waals surface area contributed by atoms with Crippen LogP contribution in [0.15, 0.2) is 5.38 Å². The molecule has 22 heavy (non-hydrogen) atoms. The summed E-state index contributed by atoms with van der Waals surface area (Å²) in [5.74, 6) is -1.11. The number of hydrogen-bond donors (Lipinski definition) is 2. The number of aromatic nitrogens is 1. The van der Waals surface area contributed by atoms with Gasteiger partial charge in [0.1, 0.15) is 11.6 Å². The molecule has 2 N–H and O–H groups in total. The van der Waals surface area contributed by atoms with E-state index in [2.05, 4.69) is 10.3 Å². The molecule has 0 aliphatic rings. The van der Waals surface area contributed by atoms with Crippen molar-refractivity contribution >= 4 is 23.4 Å². The van der Waals surface area contributed by atoms with Gasteiger partial charge < -0.3 is 15.2 Å². The summed E-state index contributed by atoms with van der Waals surface area (Å²) in [5.41, 5.74) is 0.147. The van der Waals surface area contributed by atoms with Gasteiger partial charge in [0.05, 0.1) is 10.7 Å². The maximum atomic E-state index is 11.7. The number of carbonyl (C=O) groups is 2. The quantitative estimate of drug-likeness (QED) is 0.887. The van der Waals surface area contributed by atoms with Gasteiger partial charge in [-0.15, -0.1) is 11.3 Å². The Kier molecular flexibility index (Phi) is 5.56. The number of hydrogen-bond acceptors (Lipinski definition) is 5. The zero-order chi connectivity index (χ0) is 17.1. The number of ether oxygens (including phenoxy) is 1. The van der Waals surface area contributed by atoms with Crippen molar-refractivity contribution in [3.8, 4) is 0 Å². The third-order valence-corrected chi connectivity index (χ3v) is 3.56. The van der Waals surface area contributed by atoms with E-state index in [-0.39, 0.29) is 11.8 Å². The van der Waals surface area contributed by atoms with Crippen LogP contribution in [0.25, 0.3) is 0 Å². The maximum Gasteiger partial charge on any atom is 0.408 e. The van der Waals surface area contributed by atoms with Gasteiger partial charge in [0.2, 0.25) is 0 Å². The molecule has 1 aromatic heterocycles. The van der Waals surface area contributed by atoms with E-state index >= 15 is 0 Å². The standard InChI is InChI=1S/C15H24N2O4S/c1-14(2,3)10-8-22-11(17-10)7-9(12(18)19)16-13(20)21-15(4,5)6/h8-9H,7H2,1-6H3,(H,16,20)(H,18,19). The van der Waals surface area contributed by atoms with Crippen LogP contribution in [0.3, 0.4) is 0 Å². The number of carbonyl (C=O) groups excluding carboxylic acids is 1. The van der Waals surface area contributed by atoms with Crippen LogP contribution in [0.2, 0.25) is 0 Å². The summed E-state index contributed by atoms with van der Waals surface area (Å²) < 4.78 is 5.09. The summed E-state index contributed by atoms with van der Waals surface area (Å²) in [7, 11) is 0. The van der Waals surface area contributed by atoms with E-state index in [1.165, 1.54) is 11.3 Å². The minimum Gasteiger partial charge on any atom is -0.480 e. The number of carboxylic acid groups (broad SMARTS) is 1. The van der Waals surface area contributed by atoms with Gasteiger partial charge >= 0.3 is 12.1 Å². The summed E-state index contributed by atoms with van der Waals surface area (Å²) in [4.78, 5) is 27.5. The Bertz CT molecular complexity index is 540. The topological polar surface area (TPSA) is 88.5 Å². The lowest BCUT2D eigenvalue weighted by atomic mass is 9.93. The molecule has 1 rings (SSSR count). The number of alkyl carbamates (subject to hydrolysis) is 1. The number of rotatable bonds is 4. The lowest BCUT2D eigenvalue weighted by Gasteiger charge is -2.21. The highest BCUT2D eigenvalue weighted by Crippen LogP contribution is 2.24. The van der Waals surface area contributed by atoms with Crippen LogP contribution in [0.1, 0.15) is 52.2 Å². The Morgan fingerprint density at radius 2 is 1.91 bits per heavy atom. The highest BCUT2D eigenvalue weighted by molar-refractivity contribution is 7.09. The van der Waals surface area contributed by atoms with E-state index in [1.807, 2.05) is 26.2 Å². The van der Waals surface area contributed by atoms with Crippen LogP contribution in [-0.4, -0.2) is 33.8 Å². The summed E-state index contributed by atoms with van der Waals surface area (Å²) >= 11 is 1.40. The van der Waals surface area contributed by atoms with Crippen LogP contribution >= 0.6 is 11.3 Å². The van der Waals surface area contributed by atoms with Gasteiger partial charge in [-0.3, -0.25) is 0 Å². The van der Waals surface area contributed by atoms with Crippen molar-refractivity contribution in [1.82, 2.24) is 10.3 Å². The zero-order valence-electron chi connectivity index (χ0n) is 13.9. The molecule has 1 atom stereocenters. The first-order chi connectivity index (χ1) is 9.88. The predicted molar refractivity (Wildman–Crippen MR) is 85.3 cm³/mol. The number of nitrogens with one attached hydrogen (secondary N) is 1. The molecule has 0 spiro atoms. The fourth-order valence-corrected chi connectivity index (χ4v) is 2.64.